The molecule has 1 aliphatic rings. The minimum absolute atomic E-state index is 0.0478. The second-order valence-corrected chi connectivity index (χ2v) is 3.31. The fourth-order valence-electron chi connectivity index (χ4n) is 1.01. The number of hydrogen-bond acceptors (Lipinski definition) is 5. The van der Waals surface area contributed by atoms with Gasteiger partial charge in [0.05, 0.1) is 6.08 Å². The van der Waals surface area contributed by atoms with E-state index >= 15 is 0 Å². The van der Waals surface area contributed by atoms with Crippen LogP contribution < -0.4 is 0 Å². The first-order valence-corrected chi connectivity index (χ1v) is 4.15. The molecule has 0 aromatic heterocycles. The maximum atomic E-state index is 11.0. The van der Waals surface area contributed by atoms with Gasteiger partial charge in [0.25, 0.3) is 0 Å². The van der Waals surface area contributed by atoms with Gasteiger partial charge < -0.3 is 14.2 Å². The molecule has 0 unspecified atom stereocenters. The lowest BCUT2D eigenvalue weighted by molar-refractivity contribution is -0.208. The summed E-state index contributed by atoms with van der Waals surface area (Å²) in [6.07, 6.45) is 1.16. The zero-order chi connectivity index (χ0) is 10.8. The van der Waals surface area contributed by atoms with Crippen LogP contribution >= 0.6 is 0 Å². The Kier molecular flexibility index (Phi) is 2.78. The molecule has 0 amide bonds. The smallest absolute Gasteiger partial charge is 0.337 e. The minimum atomic E-state index is -0.999. The largest absolute Gasteiger partial charge is 0.458 e. The number of esters is 2. The van der Waals surface area contributed by atoms with Crippen molar-refractivity contribution < 1.29 is 23.8 Å². The Bertz CT molecular complexity index is 290. The minimum Gasteiger partial charge on any atom is -0.458 e. The van der Waals surface area contributed by atoms with E-state index in [1.165, 1.54) is 6.92 Å². The molecule has 78 valence electrons. The molecule has 14 heavy (non-hydrogen) atoms. The van der Waals surface area contributed by atoms with Gasteiger partial charge >= 0.3 is 11.9 Å². The number of carbonyl (C=O) groups excluding carboxylic acids is 2. The summed E-state index contributed by atoms with van der Waals surface area (Å²) < 4.78 is 14.8. The molecule has 1 rings (SSSR count). The summed E-state index contributed by atoms with van der Waals surface area (Å²) >= 11 is 0. The summed E-state index contributed by atoms with van der Waals surface area (Å²) in [7, 11) is 0. The molecule has 0 aromatic carbocycles. The van der Waals surface area contributed by atoms with Gasteiger partial charge in [0, 0.05) is 20.8 Å². The predicted molar refractivity (Wildman–Crippen MR) is 46.0 cm³/mol. The Morgan fingerprint density at radius 2 is 2.14 bits per heavy atom. The van der Waals surface area contributed by atoms with E-state index in [4.69, 9.17) is 9.47 Å². The molecule has 5 nitrogen and oxygen atoms in total. The Morgan fingerprint density at radius 1 is 1.50 bits per heavy atom. The van der Waals surface area contributed by atoms with Crippen molar-refractivity contribution in [2.45, 2.75) is 26.6 Å². The maximum Gasteiger partial charge on any atom is 0.337 e. The second-order valence-electron chi connectivity index (χ2n) is 3.31. The zero-order valence-electron chi connectivity index (χ0n) is 8.33. The molecular formula is C9H12O5. The summed E-state index contributed by atoms with van der Waals surface area (Å²) in [5, 5.41) is 0. The Balaban J connectivity index is 2.60. The van der Waals surface area contributed by atoms with Crippen molar-refractivity contribution in [2.75, 3.05) is 6.61 Å². The average molecular weight is 200 g/mol. The first kappa shape index (κ1) is 10.6. The van der Waals surface area contributed by atoms with Gasteiger partial charge in [-0.2, -0.15) is 0 Å². The molecule has 0 radical (unpaired) electrons. The van der Waals surface area contributed by atoms with Gasteiger partial charge in [0.15, 0.2) is 0 Å². The second kappa shape index (κ2) is 3.69. The molecule has 0 atom stereocenters. The van der Waals surface area contributed by atoms with Crippen LogP contribution in [0.2, 0.25) is 0 Å². The monoisotopic (exact) mass is 200 g/mol. The first-order valence-electron chi connectivity index (χ1n) is 4.15. The summed E-state index contributed by atoms with van der Waals surface area (Å²) in [6.45, 7) is 4.44. The summed E-state index contributed by atoms with van der Waals surface area (Å²) in [4.78, 5) is 21.5. The highest BCUT2D eigenvalue weighted by Gasteiger charge is 2.30. The van der Waals surface area contributed by atoms with E-state index in [-0.39, 0.29) is 6.61 Å². The van der Waals surface area contributed by atoms with Crippen LogP contribution in [0.25, 0.3) is 0 Å². The van der Waals surface area contributed by atoms with Gasteiger partial charge in [0.1, 0.15) is 12.4 Å². The lowest BCUT2D eigenvalue weighted by Crippen LogP contribution is -2.35. The number of cyclic esters (lactones) is 1. The molecule has 1 aliphatic heterocycles. The SMILES string of the molecule is CC(=O)OCC1=CC(=O)OC(C)(C)O1. The van der Waals surface area contributed by atoms with Crippen molar-refractivity contribution in [1.82, 2.24) is 0 Å². The van der Waals surface area contributed by atoms with Crippen LogP contribution in [0.15, 0.2) is 11.8 Å². The number of ether oxygens (including phenoxy) is 3. The molecule has 0 N–H and O–H groups in total. The van der Waals surface area contributed by atoms with Crippen LogP contribution in [0.3, 0.4) is 0 Å². The molecule has 0 aliphatic carbocycles. The van der Waals surface area contributed by atoms with Gasteiger partial charge in [-0.25, -0.2) is 4.79 Å². The number of carbonyl (C=O) groups is 2. The summed E-state index contributed by atoms with van der Waals surface area (Å²) in [6, 6.07) is 0. The van der Waals surface area contributed by atoms with Crippen molar-refractivity contribution in [3.05, 3.63) is 11.8 Å². The van der Waals surface area contributed by atoms with E-state index in [0.717, 1.165) is 6.08 Å². The first-order chi connectivity index (χ1) is 6.39. The third kappa shape index (κ3) is 3.08. The number of rotatable bonds is 2. The van der Waals surface area contributed by atoms with Crippen molar-refractivity contribution in [2.24, 2.45) is 0 Å². The third-order valence-corrected chi connectivity index (χ3v) is 1.42. The zero-order valence-corrected chi connectivity index (χ0v) is 8.33. The van der Waals surface area contributed by atoms with Gasteiger partial charge in [-0.05, 0) is 0 Å². The molecule has 0 spiro atoms. The van der Waals surface area contributed by atoms with E-state index in [9.17, 15) is 9.59 Å². The lowest BCUT2D eigenvalue weighted by atomic mass is 10.3. The van der Waals surface area contributed by atoms with Gasteiger partial charge in [-0.15, -0.1) is 0 Å². The van der Waals surface area contributed by atoms with Crippen LogP contribution in [-0.4, -0.2) is 24.3 Å². The van der Waals surface area contributed by atoms with Gasteiger partial charge in [-0.3, -0.25) is 4.79 Å². The van der Waals surface area contributed by atoms with Crippen molar-refractivity contribution in [3.63, 3.8) is 0 Å². The number of hydrogen-bond donors (Lipinski definition) is 0. The quantitative estimate of drug-likeness (QED) is 0.615. The predicted octanol–water partition coefficient (Wildman–Crippen LogP) is 0.743. The summed E-state index contributed by atoms with van der Waals surface area (Å²) in [5.74, 6) is -1.63. The van der Waals surface area contributed by atoms with E-state index < -0.39 is 17.7 Å². The van der Waals surface area contributed by atoms with Gasteiger partial charge in [-0.1, -0.05) is 0 Å². The molecular weight excluding hydrogens is 188 g/mol. The average Bonchev–Trinajstić information content (AvgIpc) is 1.96. The maximum absolute atomic E-state index is 11.0. The topological polar surface area (TPSA) is 61.8 Å². The summed E-state index contributed by atoms with van der Waals surface area (Å²) in [5.41, 5.74) is 0. The molecule has 1 heterocycles. The van der Waals surface area contributed by atoms with Crippen molar-refractivity contribution >= 4 is 11.9 Å². The highest BCUT2D eigenvalue weighted by atomic mass is 16.7. The Morgan fingerprint density at radius 3 is 2.64 bits per heavy atom. The van der Waals surface area contributed by atoms with E-state index in [1.807, 2.05) is 0 Å². The van der Waals surface area contributed by atoms with Crippen LogP contribution in [0.1, 0.15) is 20.8 Å². The van der Waals surface area contributed by atoms with Crippen LogP contribution in [-0.2, 0) is 23.8 Å². The molecule has 0 aromatic rings. The molecule has 0 fully saturated rings. The Labute approximate surface area is 81.6 Å². The third-order valence-electron chi connectivity index (χ3n) is 1.42. The van der Waals surface area contributed by atoms with E-state index in [1.54, 1.807) is 13.8 Å². The normalized spacial score (nSPS) is 19.1. The molecule has 5 heteroatoms. The fraction of sp³-hybridized carbons (Fsp3) is 0.556. The van der Waals surface area contributed by atoms with Gasteiger partial charge in [0.2, 0.25) is 5.79 Å². The Hall–Kier alpha value is -1.52. The molecule has 0 bridgehead atoms. The van der Waals surface area contributed by atoms with E-state index in [0.29, 0.717) is 5.76 Å². The van der Waals surface area contributed by atoms with Crippen molar-refractivity contribution in [1.29, 1.82) is 0 Å². The van der Waals surface area contributed by atoms with Crippen LogP contribution in [0, 0.1) is 0 Å². The molecule has 0 saturated carbocycles. The molecule has 0 saturated heterocycles. The standard InChI is InChI=1S/C9H12O5/c1-6(10)12-5-7-4-8(11)14-9(2,3)13-7/h4H,5H2,1-3H3. The lowest BCUT2D eigenvalue weighted by Gasteiger charge is -2.30. The fourth-order valence-corrected chi connectivity index (χ4v) is 1.01. The van der Waals surface area contributed by atoms with Crippen LogP contribution in [0.4, 0.5) is 0 Å². The highest BCUT2D eigenvalue weighted by molar-refractivity contribution is 5.83. The van der Waals surface area contributed by atoms with Crippen LogP contribution in [0.5, 0.6) is 0 Å². The van der Waals surface area contributed by atoms with Crippen molar-refractivity contribution in [3.8, 4) is 0 Å². The van der Waals surface area contributed by atoms with E-state index in [2.05, 4.69) is 4.74 Å². The highest BCUT2D eigenvalue weighted by Crippen LogP contribution is 2.21.